The molecule has 24 heavy (non-hydrogen) atoms. The molecule has 0 fully saturated rings. The predicted octanol–water partition coefficient (Wildman–Crippen LogP) is 4.98. The lowest BCUT2D eigenvalue weighted by Gasteiger charge is -2.09. The first-order valence-electron chi connectivity index (χ1n) is 7.16. The Morgan fingerprint density at radius 1 is 1.00 bits per heavy atom. The van der Waals surface area contributed by atoms with Gasteiger partial charge in [0.25, 0.3) is 5.91 Å². The lowest BCUT2D eigenvalue weighted by atomic mass is 10.2. The van der Waals surface area contributed by atoms with Gasteiger partial charge in [0.05, 0.1) is 5.69 Å². The summed E-state index contributed by atoms with van der Waals surface area (Å²) in [5.41, 5.74) is 1.82. The zero-order valence-corrected chi connectivity index (χ0v) is 14.0. The second-order valence-corrected chi connectivity index (χ2v) is 5.91. The molecule has 2 N–H and O–H groups in total. The first kappa shape index (κ1) is 16.1. The van der Waals surface area contributed by atoms with Gasteiger partial charge in [0.1, 0.15) is 11.5 Å². The standard InChI is InChI=1S/C18H13BrFN3O/c19-12-5-7-13(8-6-12)23-18(24)17-11-14(9-10-21-17)22-16-4-2-1-3-15(16)20/h1-11H,(H,21,22)(H,23,24). The summed E-state index contributed by atoms with van der Waals surface area (Å²) in [6.45, 7) is 0. The van der Waals surface area contributed by atoms with Crippen LogP contribution in [0.15, 0.2) is 71.3 Å². The molecule has 0 bridgehead atoms. The summed E-state index contributed by atoms with van der Waals surface area (Å²) >= 11 is 3.34. The van der Waals surface area contributed by atoms with E-state index in [1.165, 1.54) is 12.3 Å². The number of aromatic nitrogens is 1. The van der Waals surface area contributed by atoms with Crippen LogP contribution in [0, 0.1) is 5.82 Å². The van der Waals surface area contributed by atoms with E-state index in [0.29, 0.717) is 17.1 Å². The van der Waals surface area contributed by atoms with Crippen molar-refractivity contribution in [1.82, 2.24) is 4.98 Å². The lowest BCUT2D eigenvalue weighted by Crippen LogP contribution is -2.13. The zero-order chi connectivity index (χ0) is 16.9. The molecule has 0 aliphatic heterocycles. The van der Waals surface area contributed by atoms with Crippen molar-refractivity contribution in [1.29, 1.82) is 0 Å². The fourth-order valence-electron chi connectivity index (χ4n) is 2.08. The van der Waals surface area contributed by atoms with Crippen molar-refractivity contribution in [2.75, 3.05) is 10.6 Å². The summed E-state index contributed by atoms with van der Waals surface area (Å²) < 4.78 is 14.6. The monoisotopic (exact) mass is 385 g/mol. The van der Waals surface area contributed by atoms with Gasteiger partial charge in [-0.1, -0.05) is 28.1 Å². The number of anilines is 3. The number of hydrogen-bond acceptors (Lipinski definition) is 3. The molecule has 0 aliphatic rings. The lowest BCUT2D eigenvalue weighted by molar-refractivity contribution is 0.102. The highest BCUT2D eigenvalue weighted by atomic mass is 79.9. The molecule has 3 aromatic rings. The van der Waals surface area contributed by atoms with Gasteiger partial charge in [-0.2, -0.15) is 0 Å². The second kappa shape index (κ2) is 7.23. The molecule has 1 amide bonds. The summed E-state index contributed by atoms with van der Waals surface area (Å²) in [7, 11) is 0. The van der Waals surface area contributed by atoms with Gasteiger partial charge >= 0.3 is 0 Å². The Labute approximate surface area is 146 Å². The van der Waals surface area contributed by atoms with Crippen LogP contribution in [0.5, 0.6) is 0 Å². The van der Waals surface area contributed by atoms with Gasteiger partial charge in [0, 0.05) is 22.0 Å². The van der Waals surface area contributed by atoms with Crippen LogP contribution < -0.4 is 10.6 Å². The van der Waals surface area contributed by atoms with Crippen LogP contribution in [0.1, 0.15) is 10.5 Å². The van der Waals surface area contributed by atoms with E-state index >= 15 is 0 Å². The van der Waals surface area contributed by atoms with E-state index in [1.807, 2.05) is 12.1 Å². The van der Waals surface area contributed by atoms with Crippen LogP contribution in [0.2, 0.25) is 0 Å². The van der Waals surface area contributed by atoms with E-state index < -0.39 is 0 Å². The van der Waals surface area contributed by atoms with Gasteiger partial charge in [-0.15, -0.1) is 0 Å². The summed E-state index contributed by atoms with van der Waals surface area (Å²) in [5, 5.41) is 5.70. The van der Waals surface area contributed by atoms with Crippen molar-refractivity contribution < 1.29 is 9.18 Å². The number of amides is 1. The zero-order valence-electron chi connectivity index (χ0n) is 12.5. The van der Waals surface area contributed by atoms with Crippen LogP contribution in [-0.2, 0) is 0 Å². The maximum absolute atomic E-state index is 13.7. The van der Waals surface area contributed by atoms with Crippen molar-refractivity contribution in [2.24, 2.45) is 0 Å². The molecular weight excluding hydrogens is 373 g/mol. The van der Waals surface area contributed by atoms with Crippen LogP contribution >= 0.6 is 15.9 Å². The largest absolute Gasteiger partial charge is 0.353 e. The van der Waals surface area contributed by atoms with Gasteiger partial charge < -0.3 is 10.6 Å². The van der Waals surface area contributed by atoms with Gasteiger partial charge in [0.2, 0.25) is 0 Å². The Hall–Kier alpha value is -2.73. The second-order valence-electron chi connectivity index (χ2n) is 5.00. The van der Waals surface area contributed by atoms with Crippen LogP contribution in [-0.4, -0.2) is 10.9 Å². The van der Waals surface area contributed by atoms with Gasteiger partial charge in [0.15, 0.2) is 0 Å². The van der Waals surface area contributed by atoms with Crippen LogP contribution in [0.3, 0.4) is 0 Å². The third-order valence-electron chi connectivity index (χ3n) is 3.25. The SMILES string of the molecule is O=C(Nc1ccc(Br)cc1)c1cc(Nc2ccccc2F)ccn1. The van der Waals surface area contributed by atoms with Crippen molar-refractivity contribution >= 4 is 38.9 Å². The smallest absolute Gasteiger partial charge is 0.274 e. The topological polar surface area (TPSA) is 54.0 Å². The summed E-state index contributed by atoms with van der Waals surface area (Å²) in [5.74, 6) is -0.704. The number of pyridine rings is 1. The summed E-state index contributed by atoms with van der Waals surface area (Å²) in [6.07, 6.45) is 1.50. The van der Waals surface area contributed by atoms with Crippen molar-refractivity contribution in [2.45, 2.75) is 0 Å². The van der Waals surface area contributed by atoms with Crippen molar-refractivity contribution in [3.05, 3.63) is 82.8 Å². The van der Waals surface area contributed by atoms with E-state index in [4.69, 9.17) is 0 Å². The predicted molar refractivity (Wildman–Crippen MR) is 96.0 cm³/mol. The highest BCUT2D eigenvalue weighted by Crippen LogP contribution is 2.20. The van der Waals surface area contributed by atoms with Crippen LogP contribution in [0.25, 0.3) is 0 Å². The molecule has 0 saturated heterocycles. The minimum absolute atomic E-state index is 0.235. The molecule has 0 atom stereocenters. The highest BCUT2D eigenvalue weighted by molar-refractivity contribution is 9.10. The third-order valence-corrected chi connectivity index (χ3v) is 3.78. The molecule has 6 heteroatoms. The van der Waals surface area contributed by atoms with E-state index in [9.17, 15) is 9.18 Å². The van der Waals surface area contributed by atoms with Gasteiger partial charge in [-0.05, 0) is 48.5 Å². The molecule has 3 rings (SSSR count). The molecule has 1 heterocycles. The third kappa shape index (κ3) is 3.97. The Kier molecular flexibility index (Phi) is 4.86. The molecule has 4 nitrogen and oxygen atoms in total. The van der Waals surface area contributed by atoms with E-state index in [2.05, 4.69) is 31.5 Å². The number of carbonyl (C=O) groups is 1. The van der Waals surface area contributed by atoms with Crippen LogP contribution in [0.4, 0.5) is 21.5 Å². The summed E-state index contributed by atoms with van der Waals surface area (Å²) in [4.78, 5) is 16.3. The molecule has 0 radical (unpaired) electrons. The number of para-hydroxylation sites is 1. The average Bonchev–Trinajstić information content (AvgIpc) is 2.59. The minimum atomic E-state index is -0.366. The Morgan fingerprint density at radius 3 is 2.50 bits per heavy atom. The van der Waals surface area contributed by atoms with E-state index in [1.54, 1.807) is 42.5 Å². The molecule has 0 saturated carbocycles. The molecule has 0 spiro atoms. The number of rotatable bonds is 4. The average molecular weight is 386 g/mol. The first-order chi connectivity index (χ1) is 11.6. The molecule has 120 valence electrons. The molecule has 1 aromatic heterocycles. The maximum atomic E-state index is 13.7. The fraction of sp³-hybridized carbons (Fsp3) is 0. The van der Waals surface area contributed by atoms with Crippen molar-refractivity contribution in [3.63, 3.8) is 0 Å². The van der Waals surface area contributed by atoms with Gasteiger partial charge in [-0.3, -0.25) is 9.78 Å². The number of carbonyl (C=O) groups excluding carboxylic acids is 1. The number of hydrogen-bond donors (Lipinski definition) is 2. The van der Waals surface area contributed by atoms with Crippen molar-refractivity contribution in [3.8, 4) is 0 Å². The number of benzene rings is 2. The minimum Gasteiger partial charge on any atom is -0.353 e. The Morgan fingerprint density at radius 2 is 1.75 bits per heavy atom. The number of nitrogens with zero attached hydrogens (tertiary/aromatic N) is 1. The molecular formula is C18H13BrFN3O. The summed E-state index contributed by atoms with van der Waals surface area (Å²) in [6, 6.07) is 16.8. The first-order valence-corrected chi connectivity index (χ1v) is 7.95. The van der Waals surface area contributed by atoms with E-state index in [-0.39, 0.29) is 17.4 Å². The highest BCUT2D eigenvalue weighted by Gasteiger charge is 2.09. The molecule has 0 unspecified atom stereocenters. The molecule has 2 aromatic carbocycles. The number of nitrogens with one attached hydrogen (secondary N) is 2. The van der Waals surface area contributed by atoms with Gasteiger partial charge in [-0.25, -0.2) is 4.39 Å². The Bertz CT molecular complexity index is 868. The maximum Gasteiger partial charge on any atom is 0.274 e. The number of halogens is 2. The molecule has 0 aliphatic carbocycles. The Balaban J connectivity index is 1.76. The van der Waals surface area contributed by atoms with E-state index in [0.717, 1.165) is 4.47 Å². The normalized spacial score (nSPS) is 10.2. The fourth-order valence-corrected chi connectivity index (χ4v) is 2.34. The quantitative estimate of drug-likeness (QED) is 0.665.